The normalized spacial score (nSPS) is 12.4. The molecule has 0 N–H and O–H groups in total. The molecule has 0 aliphatic carbocycles. The Kier molecular flexibility index (Phi) is 6.38. The smallest absolute Gasteiger partial charge is 0.204 e. The van der Waals surface area contributed by atoms with Gasteiger partial charge in [-0.25, -0.2) is 0 Å². The highest BCUT2D eigenvalue weighted by molar-refractivity contribution is 6.00. The number of benzene rings is 2. The van der Waals surface area contributed by atoms with Crippen LogP contribution in [0.3, 0.4) is 0 Å². The van der Waals surface area contributed by atoms with Crippen molar-refractivity contribution in [3.05, 3.63) is 52.6 Å². The van der Waals surface area contributed by atoms with Crippen LogP contribution in [0.4, 0.5) is 0 Å². The molecule has 0 fully saturated rings. The van der Waals surface area contributed by atoms with Crippen LogP contribution in [0.25, 0.3) is 0 Å². The lowest BCUT2D eigenvalue weighted by Gasteiger charge is -2.20. The Bertz CT molecular complexity index is 796. The molecule has 1 aliphatic heterocycles. The topological polar surface area (TPSA) is 44.8 Å². The van der Waals surface area contributed by atoms with Crippen molar-refractivity contribution in [2.75, 3.05) is 19.8 Å². The first-order valence-electron chi connectivity index (χ1n) is 9.76. The predicted octanol–water partition coefficient (Wildman–Crippen LogP) is 4.93. The summed E-state index contributed by atoms with van der Waals surface area (Å²) < 4.78 is 18.0. The lowest BCUT2D eigenvalue weighted by Crippen LogP contribution is -2.10. The van der Waals surface area contributed by atoms with Crippen molar-refractivity contribution in [1.82, 2.24) is 0 Å². The largest absolute Gasteiger partial charge is 0.489 e. The van der Waals surface area contributed by atoms with Gasteiger partial charge in [-0.15, -0.1) is 0 Å². The first-order valence-corrected chi connectivity index (χ1v) is 9.76. The van der Waals surface area contributed by atoms with Gasteiger partial charge in [0.05, 0.1) is 25.4 Å². The van der Waals surface area contributed by atoms with E-state index in [1.54, 1.807) is 6.92 Å². The second kappa shape index (κ2) is 8.94. The Hall–Kier alpha value is -2.49. The number of carbonyl (C=O) groups is 1. The Morgan fingerprint density at radius 2 is 1.85 bits per heavy atom. The summed E-state index contributed by atoms with van der Waals surface area (Å²) in [4.78, 5) is 12.3. The van der Waals surface area contributed by atoms with Crippen LogP contribution in [0, 0.1) is 6.92 Å². The second-order valence-electron chi connectivity index (χ2n) is 6.91. The third-order valence-corrected chi connectivity index (χ3v) is 4.84. The number of rotatable bonds is 9. The van der Waals surface area contributed by atoms with Crippen LogP contribution < -0.4 is 14.2 Å². The van der Waals surface area contributed by atoms with Gasteiger partial charge in [-0.3, -0.25) is 4.79 Å². The molecule has 4 heteroatoms. The van der Waals surface area contributed by atoms with E-state index in [2.05, 4.69) is 12.1 Å². The van der Waals surface area contributed by atoms with E-state index in [1.165, 1.54) is 5.56 Å². The fraction of sp³-hybridized carbons (Fsp3) is 0.435. The van der Waals surface area contributed by atoms with Gasteiger partial charge in [0.15, 0.2) is 17.3 Å². The molecule has 3 rings (SSSR count). The molecule has 1 heterocycles. The predicted molar refractivity (Wildman–Crippen MR) is 106 cm³/mol. The summed E-state index contributed by atoms with van der Waals surface area (Å²) in [5, 5.41) is 0. The molecule has 2 aromatic rings. The molecule has 0 spiro atoms. The Labute approximate surface area is 161 Å². The van der Waals surface area contributed by atoms with Gasteiger partial charge >= 0.3 is 0 Å². The zero-order valence-corrected chi connectivity index (χ0v) is 16.5. The van der Waals surface area contributed by atoms with Gasteiger partial charge < -0.3 is 14.2 Å². The lowest BCUT2D eigenvalue weighted by molar-refractivity contribution is 0.101. The minimum atomic E-state index is 0.00226. The molecular weight excluding hydrogens is 340 g/mol. The summed E-state index contributed by atoms with van der Waals surface area (Å²) in [5.41, 5.74) is 3.95. The van der Waals surface area contributed by atoms with Crippen LogP contribution in [0.15, 0.2) is 30.3 Å². The third-order valence-electron chi connectivity index (χ3n) is 4.84. The number of fused-ring (bicyclic) bond motifs is 1. The quantitative estimate of drug-likeness (QED) is 0.465. The van der Waals surface area contributed by atoms with Crippen LogP contribution in [-0.4, -0.2) is 25.6 Å². The van der Waals surface area contributed by atoms with Crippen molar-refractivity contribution >= 4 is 5.78 Å². The van der Waals surface area contributed by atoms with E-state index in [-0.39, 0.29) is 5.78 Å². The van der Waals surface area contributed by atoms with Crippen molar-refractivity contribution in [3.63, 3.8) is 0 Å². The van der Waals surface area contributed by atoms with Gasteiger partial charge in [0.25, 0.3) is 0 Å². The molecular formula is C23H28O4. The zero-order valence-electron chi connectivity index (χ0n) is 16.5. The Morgan fingerprint density at radius 3 is 2.56 bits per heavy atom. The number of carbonyl (C=O) groups excluding carboxylic acids is 1. The second-order valence-corrected chi connectivity index (χ2v) is 6.91. The highest BCUT2D eigenvalue weighted by Crippen LogP contribution is 2.48. The minimum absolute atomic E-state index is 0.00226. The number of aryl methyl sites for hydroxylation is 1. The number of hydrogen-bond acceptors (Lipinski definition) is 4. The molecule has 0 atom stereocenters. The number of Topliss-reactive ketones (excluding diaryl/α,β-unsaturated/α-hetero) is 1. The molecule has 0 unspecified atom stereocenters. The molecule has 2 aromatic carbocycles. The van der Waals surface area contributed by atoms with Crippen molar-refractivity contribution < 1.29 is 19.0 Å². The van der Waals surface area contributed by atoms with E-state index >= 15 is 0 Å². The van der Waals surface area contributed by atoms with Gasteiger partial charge in [-0.2, -0.15) is 0 Å². The Balaban J connectivity index is 1.84. The summed E-state index contributed by atoms with van der Waals surface area (Å²) in [6.45, 7) is 7.31. The zero-order chi connectivity index (χ0) is 19.2. The highest BCUT2D eigenvalue weighted by Gasteiger charge is 2.30. The lowest BCUT2D eigenvalue weighted by atomic mass is 9.96. The highest BCUT2D eigenvalue weighted by atomic mass is 16.5. The van der Waals surface area contributed by atoms with Gasteiger partial charge in [0.1, 0.15) is 0 Å². The number of ether oxygens (including phenoxy) is 3. The van der Waals surface area contributed by atoms with Gasteiger partial charge in [0, 0.05) is 12.0 Å². The van der Waals surface area contributed by atoms with Crippen LogP contribution in [0.5, 0.6) is 17.2 Å². The van der Waals surface area contributed by atoms with Gasteiger partial charge in [-0.05, 0) is 44.2 Å². The molecule has 0 bridgehead atoms. The molecule has 0 saturated carbocycles. The maximum absolute atomic E-state index is 12.3. The third kappa shape index (κ3) is 4.26. The molecule has 0 saturated heterocycles. The average molecular weight is 368 g/mol. The van der Waals surface area contributed by atoms with Crippen LogP contribution >= 0.6 is 0 Å². The summed E-state index contributed by atoms with van der Waals surface area (Å²) in [7, 11) is 0. The van der Waals surface area contributed by atoms with Crippen LogP contribution in [0.1, 0.15) is 53.7 Å². The monoisotopic (exact) mass is 368 g/mol. The van der Waals surface area contributed by atoms with Gasteiger partial charge in [0.2, 0.25) is 5.75 Å². The van der Waals surface area contributed by atoms with E-state index in [4.69, 9.17) is 14.2 Å². The molecule has 144 valence electrons. The Morgan fingerprint density at radius 1 is 1.11 bits per heavy atom. The van der Waals surface area contributed by atoms with E-state index in [0.717, 1.165) is 42.6 Å². The van der Waals surface area contributed by atoms with Gasteiger partial charge in [-0.1, -0.05) is 37.3 Å². The summed E-state index contributed by atoms with van der Waals surface area (Å²) in [5.74, 6) is 1.90. The molecule has 4 nitrogen and oxygen atoms in total. The van der Waals surface area contributed by atoms with E-state index in [9.17, 15) is 4.79 Å². The maximum atomic E-state index is 12.3. The summed E-state index contributed by atoms with van der Waals surface area (Å²) in [6.07, 6.45) is 3.49. The summed E-state index contributed by atoms with van der Waals surface area (Å²) in [6, 6.07) is 10.4. The van der Waals surface area contributed by atoms with E-state index < -0.39 is 0 Å². The fourth-order valence-corrected chi connectivity index (χ4v) is 3.55. The first-order chi connectivity index (χ1) is 13.1. The first kappa shape index (κ1) is 19.3. The van der Waals surface area contributed by atoms with Crippen LogP contribution in [-0.2, 0) is 12.8 Å². The molecule has 1 aliphatic rings. The molecule has 0 aromatic heterocycles. The molecule has 27 heavy (non-hydrogen) atoms. The van der Waals surface area contributed by atoms with Crippen molar-refractivity contribution in [3.8, 4) is 17.2 Å². The standard InChI is InChI=1S/C23H28O4/c1-4-13-25-22-20(17(3)24)16(2)19-12-15-27-21(19)23(22)26-14-8-11-18-9-6-5-7-10-18/h5-7,9-10H,4,8,11-15H2,1-3H3. The number of hydrogen-bond donors (Lipinski definition) is 0. The number of ketones is 1. The van der Waals surface area contributed by atoms with Crippen LogP contribution in [0.2, 0.25) is 0 Å². The van der Waals surface area contributed by atoms with E-state index in [1.807, 2.05) is 32.0 Å². The summed E-state index contributed by atoms with van der Waals surface area (Å²) >= 11 is 0. The minimum Gasteiger partial charge on any atom is -0.489 e. The van der Waals surface area contributed by atoms with Crippen molar-refractivity contribution in [1.29, 1.82) is 0 Å². The molecule has 0 amide bonds. The fourth-order valence-electron chi connectivity index (χ4n) is 3.55. The van der Waals surface area contributed by atoms with E-state index in [0.29, 0.717) is 36.9 Å². The SMILES string of the molecule is CCCOc1c(OCCCc2ccccc2)c2c(c(C)c1C(C)=O)CCO2. The molecule has 0 radical (unpaired) electrons. The van der Waals surface area contributed by atoms with Crippen molar-refractivity contribution in [2.45, 2.75) is 46.5 Å². The van der Waals surface area contributed by atoms with Crippen molar-refractivity contribution in [2.24, 2.45) is 0 Å². The average Bonchev–Trinajstić information content (AvgIpc) is 3.15. The maximum Gasteiger partial charge on any atom is 0.204 e.